The molecule has 3 rings (SSSR count). The molecule has 23 heavy (non-hydrogen) atoms. The second kappa shape index (κ2) is 7.59. The van der Waals surface area contributed by atoms with Crippen LogP contribution in [0.4, 0.5) is 0 Å². The Morgan fingerprint density at radius 1 is 1.22 bits per heavy atom. The fraction of sp³-hybridized carbons (Fsp3) is 0.938. The third-order valence-electron chi connectivity index (χ3n) is 5.60. The van der Waals surface area contributed by atoms with E-state index < -0.39 is 17.5 Å². The van der Waals surface area contributed by atoms with Crippen molar-refractivity contribution < 1.29 is 22.5 Å². The maximum atomic E-state index is 12.4. The van der Waals surface area contributed by atoms with Crippen molar-refractivity contribution in [2.45, 2.75) is 57.7 Å². The molecule has 2 saturated carbocycles. The number of carbonyl (C=O) groups is 1. The van der Waals surface area contributed by atoms with Gasteiger partial charge in [0.15, 0.2) is 0 Å². The average molecular weight is 345 g/mol. The van der Waals surface area contributed by atoms with Crippen LogP contribution in [-0.2, 0) is 25.1 Å². The van der Waals surface area contributed by atoms with E-state index in [1.165, 1.54) is 19.3 Å². The summed E-state index contributed by atoms with van der Waals surface area (Å²) in [6.07, 6.45) is 5.83. The van der Waals surface area contributed by atoms with Gasteiger partial charge in [0, 0.05) is 6.54 Å². The van der Waals surface area contributed by atoms with E-state index in [0.29, 0.717) is 0 Å². The minimum absolute atomic E-state index is 0.174. The highest BCUT2D eigenvalue weighted by molar-refractivity contribution is 7.74. The summed E-state index contributed by atoms with van der Waals surface area (Å²) in [5.74, 6) is 0.143. The molecule has 2 aliphatic carbocycles. The molecule has 1 aliphatic heterocycles. The minimum Gasteiger partial charge on any atom is -0.459 e. The number of nitrogens with zero attached hydrogens (tertiary/aromatic N) is 1. The molecule has 6 unspecified atom stereocenters. The second-order valence-electron chi connectivity index (χ2n) is 7.27. The number of rotatable bonds is 6. The molecular formula is C16H27NO5S. The van der Waals surface area contributed by atoms with Crippen molar-refractivity contribution in [3.63, 3.8) is 0 Å². The molecule has 0 aromatic carbocycles. The zero-order chi connectivity index (χ0) is 16.4. The summed E-state index contributed by atoms with van der Waals surface area (Å²) in [6.45, 7) is 4.75. The van der Waals surface area contributed by atoms with Crippen LogP contribution in [0.1, 0.15) is 45.4 Å². The van der Waals surface area contributed by atoms with Crippen LogP contribution in [0.3, 0.4) is 0 Å². The summed E-state index contributed by atoms with van der Waals surface area (Å²) in [6, 6.07) is 0. The van der Waals surface area contributed by atoms with Gasteiger partial charge in [-0.2, -0.15) is 4.21 Å². The summed E-state index contributed by atoms with van der Waals surface area (Å²) in [5.41, 5.74) is 0. The lowest BCUT2D eigenvalue weighted by molar-refractivity contribution is -0.162. The largest absolute Gasteiger partial charge is 0.459 e. The van der Waals surface area contributed by atoms with Gasteiger partial charge in [0.05, 0.1) is 5.92 Å². The Hall–Kier alpha value is -0.500. The van der Waals surface area contributed by atoms with E-state index in [2.05, 4.69) is 4.90 Å². The Morgan fingerprint density at radius 2 is 1.87 bits per heavy atom. The number of hydrogen-bond donors (Lipinski definition) is 1. The van der Waals surface area contributed by atoms with E-state index in [4.69, 9.17) is 13.5 Å². The lowest BCUT2D eigenvalue weighted by atomic mass is 9.94. The lowest BCUT2D eigenvalue weighted by Crippen LogP contribution is -2.42. The van der Waals surface area contributed by atoms with Gasteiger partial charge in [0.1, 0.15) is 12.2 Å². The number of fused-ring (bicyclic) bond motifs is 2. The van der Waals surface area contributed by atoms with Gasteiger partial charge in [-0.3, -0.25) is 13.5 Å². The van der Waals surface area contributed by atoms with Crippen molar-refractivity contribution in [1.82, 2.24) is 4.90 Å². The van der Waals surface area contributed by atoms with E-state index in [9.17, 15) is 9.00 Å². The van der Waals surface area contributed by atoms with Crippen molar-refractivity contribution in [2.75, 3.05) is 19.6 Å². The molecule has 0 aromatic heterocycles. The minimum atomic E-state index is -2.31. The first-order chi connectivity index (χ1) is 11.0. The first-order valence-corrected chi connectivity index (χ1v) is 9.78. The number of esters is 1. The molecule has 2 bridgehead atoms. The molecule has 6 nitrogen and oxygen atoms in total. The molecule has 1 N–H and O–H groups in total. The number of likely N-dealkylation sites (tertiary alicyclic amines) is 1. The number of carbonyl (C=O) groups excluding carboxylic acids is 1. The van der Waals surface area contributed by atoms with Crippen LogP contribution in [0.25, 0.3) is 0 Å². The van der Waals surface area contributed by atoms with E-state index in [0.717, 1.165) is 38.9 Å². The van der Waals surface area contributed by atoms with Crippen molar-refractivity contribution in [1.29, 1.82) is 0 Å². The lowest BCUT2D eigenvalue weighted by Gasteiger charge is -2.32. The molecule has 0 amide bonds. The highest BCUT2D eigenvalue weighted by Gasteiger charge is 2.51. The third-order valence-corrected chi connectivity index (χ3v) is 5.98. The summed E-state index contributed by atoms with van der Waals surface area (Å²) in [7, 11) is 0. The van der Waals surface area contributed by atoms with E-state index in [1.807, 2.05) is 6.92 Å². The summed E-state index contributed by atoms with van der Waals surface area (Å²) >= 11 is -2.31. The topological polar surface area (TPSA) is 76.1 Å². The standard InChI is InChI=1S/C16H27NO5S/c1-11(10-17-7-3-2-4-8-17)16(18)21-14-12-5-6-13(9-12)15(14)22-23(19)20/h11-15H,2-10H2,1H3,(H,19,20). The van der Waals surface area contributed by atoms with Crippen LogP contribution < -0.4 is 0 Å². The Kier molecular flexibility index (Phi) is 5.72. The predicted molar refractivity (Wildman–Crippen MR) is 85.8 cm³/mol. The number of hydrogen-bond acceptors (Lipinski definition) is 5. The molecule has 1 saturated heterocycles. The van der Waals surface area contributed by atoms with Crippen LogP contribution in [0.15, 0.2) is 0 Å². The molecule has 6 atom stereocenters. The SMILES string of the molecule is CC(CN1CCCCC1)C(=O)OC1C2CCC(C2)C1OS(=O)O. The van der Waals surface area contributed by atoms with Crippen LogP contribution >= 0.6 is 0 Å². The fourth-order valence-electron chi connectivity index (χ4n) is 4.43. The van der Waals surface area contributed by atoms with Gasteiger partial charge < -0.3 is 9.64 Å². The highest BCUT2D eigenvalue weighted by Crippen LogP contribution is 2.47. The fourth-order valence-corrected chi connectivity index (χ4v) is 4.89. The molecule has 0 spiro atoms. The van der Waals surface area contributed by atoms with Gasteiger partial charge in [-0.1, -0.05) is 13.3 Å². The van der Waals surface area contributed by atoms with Crippen LogP contribution in [-0.4, -0.2) is 51.5 Å². The van der Waals surface area contributed by atoms with Crippen LogP contribution in [0.5, 0.6) is 0 Å². The quantitative estimate of drug-likeness (QED) is 0.586. The zero-order valence-electron chi connectivity index (χ0n) is 13.7. The maximum Gasteiger partial charge on any atom is 0.310 e. The Balaban J connectivity index is 1.54. The Labute approximate surface area is 140 Å². The molecule has 132 valence electrons. The average Bonchev–Trinajstić information content (AvgIpc) is 3.10. The number of piperidine rings is 1. The smallest absolute Gasteiger partial charge is 0.310 e. The second-order valence-corrected chi connectivity index (χ2v) is 7.90. The van der Waals surface area contributed by atoms with Crippen molar-refractivity contribution in [3.8, 4) is 0 Å². The van der Waals surface area contributed by atoms with Gasteiger partial charge in [-0.15, -0.1) is 0 Å². The maximum absolute atomic E-state index is 12.4. The molecule has 3 fully saturated rings. The Morgan fingerprint density at radius 3 is 2.52 bits per heavy atom. The first kappa shape index (κ1) is 17.3. The highest BCUT2D eigenvalue weighted by atomic mass is 32.2. The monoisotopic (exact) mass is 345 g/mol. The van der Waals surface area contributed by atoms with Crippen molar-refractivity contribution >= 4 is 17.3 Å². The normalized spacial score (nSPS) is 36.8. The Bertz CT molecular complexity index is 454. The summed E-state index contributed by atoms with van der Waals surface area (Å²) < 4.78 is 30.9. The molecule has 3 aliphatic rings. The predicted octanol–water partition coefficient (Wildman–Crippen LogP) is 1.97. The molecule has 0 aromatic rings. The van der Waals surface area contributed by atoms with Crippen molar-refractivity contribution in [3.05, 3.63) is 0 Å². The van der Waals surface area contributed by atoms with Crippen LogP contribution in [0, 0.1) is 17.8 Å². The zero-order valence-corrected chi connectivity index (χ0v) is 14.5. The first-order valence-electron chi connectivity index (χ1n) is 8.75. The van der Waals surface area contributed by atoms with E-state index in [-0.39, 0.29) is 29.8 Å². The van der Waals surface area contributed by atoms with Gasteiger partial charge in [0.25, 0.3) is 0 Å². The van der Waals surface area contributed by atoms with Gasteiger partial charge in [-0.05, 0) is 57.0 Å². The molecule has 1 heterocycles. The summed E-state index contributed by atoms with van der Waals surface area (Å²) in [4.78, 5) is 14.8. The van der Waals surface area contributed by atoms with E-state index >= 15 is 0 Å². The summed E-state index contributed by atoms with van der Waals surface area (Å²) in [5, 5.41) is 0. The van der Waals surface area contributed by atoms with Gasteiger partial charge >= 0.3 is 17.3 Å². The molecule has 0 radical (unpaired) electrons. The van der Waals surface area contributed by atoms with E-state index in [1.54, 1.807) is 0 Å². The molecular weight excluding hydrogens is 318 g/mol. The third kappa shape index (κ3) is 4.13. The van der Waals surface area contributed by atoms with Crippen molar-refractivity contribution in [2.24, 2.45) is 17.8 Å². The van der Waals surface area contributed by atoms with Gasteiger partial charge in [-0.25, -0.2) is 0 Å². The van der Waals surface area contributed by atoms with Gasteiger partial charge in [0.2, 0.25) is 0 Å². The molecule has 7 heteroatoms. The van der Waals surface area contributed by atoms with Crippen LogP contribution in [0.2, 0.25) is 0 Å². The number of ether oxygens (including phenoxy) is 1.